The monoisotopic (exact) mass is 622 g/mol. The summed E-state index contributed by atoms with van der Waals surface area (Å²) in [4.78, 5) is 25.3. The first-order valence-electron chi connectivity index (χ1n) is 14.0. The molecule has 0 fully saturated rings. The van der Waals surface area contributed by atoms with Gasteiger partial charge in [0, 0.05) is 12.8 Å². The number of rotatable bonds is 10. The maximum Gasteiger partial charge on any atom is 0.278 e. The summed E-state index contributed by atoms with van der Waals surface area (Å²) in [5.74, 6) is 1.18. The van der Waals surface area contributed by atoms with E-state index in [0.29, 0.717) is 11.4 Å². The van der Waals surface area contributed by atoms with Gasteiger partial charge in [0.15, 0.2) is 0 Å². The Balaban J connectivity index is 1.09. The summed E-state index contributed by atoms with van der Waals surface area (Å²) < 4.78 is 17.2. The predicted molar refractivity (Wildman–Crippen MR) is 166 cm³/mol. The highest BCUT2D eigenvalue weighted by molar-refractivity contribution is 8.01. The van der Waals surface area contributed by atoms with Gasteiger partial charge in [0.1, 0.15) is 23.7 Å². The number of carbonyl (C=O) groups is 2. The number of aromatic nitrogens is 2. The maximum atomic E-state index is 12.7. The molecule has 0 aliphatic carbocycles. The molecule has 0 saturated carbocycles. The van der Waals surface area contributed by atoms with E-state index in [1.54, 1.807) is 13.8 Å². The summed E-state index contributed by atoms with van der Waals surface area (Å²) in [6.45, 7) is 11.2. The van der Waals surface area contributed by atoms with E-state index in [2.05, 4.69) is 31.3 Å². The fourth-order valence-electron chi connectivity index (χ4n) is 4.58. The maximum absolute atomic E-state index is 12.7. The first-order chi connectivity index (χ1) is 20.5. The summed E-state index contributed by atoms with van der Waals surface area (Å²) >= 11 is 2.22. The highest BCUT2D eigenvalue weighted by Gasteiger charge is 2.23. The van der Waals surface area contributed by atoms with Gasteiger partial charge in [-0.3, -0.25) is 9.59 Å². The van der Waals surface area contributed by atoms with Gasteiger partial charge in [-0.15, -0.1) is 10.2 Å². The molecule has 2 N–H and O–H groups in total. The number of benzene rings is 2. The van der Waals surface area contributed by atoms with E-state index in [-0.39, 0.29) is 34.5 Å². The van der Waals surface area contributed by atoms with E-state index in [1.165, 1.54) is 0 Å². The van der Waals surface area contributed by atoms with Crippen LogP contribution in [0.4, 0.5) is 0 Å². The number of fused-ring (bicyclic) bond motifs is 2. The number of carbonyl (C=O) groups excluding carboxylic acids is 2. The number of nitrogens with one attached hydrogen (secondary N) is 2. The van der Waals surface area contributed by atoms with Crippen LogP contribution in [0.2, 0.25) is 0 Å². The Morgan fingerprint density at radius 1 is 0.791 bits per heavy atom. The fraction of sp³-hybridized carbons (Fsp3) is 0.400. The molecule has 4 atom stereocenters. The first-order valence-corrected chi connectivity index (χ1v) is 15.8. The third-order valence-corrected chi connectivity index (χ3v) is 8.85. The molecule has 3 aromatic rings. The van der Waals surface area contributed by atoms with Crippen LogP contribution in [-0.2, 0) is 22.4 Å². The number of amides is 2. The molecule has 1 aromatic heterocycles. The molecule has 0 unspecified atom stereocenters. The quantitative estimate of drug-likeness (QED) is 0.186. The van der Waals surface area contributed by atoms with Crippen molar-refractivity contribution in [2.75, 3.05) is 0 Å². The van der Waals surface area contributed by atoms with Crippen LogP contribution in [0.15, 0.2) is 61.5 Å². The first kappa shape index (κ1) is 30.6. The van der Waals surface area contributed by atoms with Gasteiger partial charge in [0.2, 0.25) is 0 Å². The van der Waals surface area contributed by atoms with Crippen molar-refractivity contribution in [3.05, 3.63) is 58.7 Å². The van der Waals surface area contributed by atoms with Gasteiger partial charge >= 0.3 is 0 Å². The van der Waals surface area contributed by atoms with Gasteiger partial charge in [0.05, 0.1) is 21.9 Å². The largest absolute Gasteiger partial charge is 0.490 e. The molecule has 0 spiro atoms. The number of nitrogens with zero attached hydrogens (tertiary/aromatic N) is 4. The van der Waals surface area contributed by atoms with Crippen molar-refractivity contribution in [2.45, 2.75) is 87.5 Å². The normalized spacial score (nSPS) is 19.1. The highest BCUT2D eigenvalue weighted by atomic mass is 32.2. The molecule has 11 nitrogen and oxygen atoms in total. The number of thioether (sulfide) groups is 2. The van der Waals surface area contributed by atoms with Crippen LogP contribution in [-0.4, -0.2) is 56.1 Å². The zero-order valence-electron chi connectivity index (χ0n) is 24.8. The smallest absolute Gasteiger partial charge is 0.278 e. The Kier molecular flexibility index (Phi) is 9.40. The molecule has 2 aliphatic rings. The number of ether oxygens (including phenoxy) is 2. The molecule has 3 heterocycles. The molecule has 0 bridgehead atoms. The minimum atomic E-state index is -0.545. The molecule has 13 heteroatoms. The molecule has 0 radical (unpaired) electrons. The van der Waals surface area contributed by atoms with Gasteiger partial charge < -0.3 is 13.9 Å². The lowest BCUT2D eigenvalue weighted by Crippen LogP contribution is -2.27. The van der Waals surface area contributed by atoms with Crippen molar-refractivity contribution >= 4 is 46.8 Å². The summed E-state index contributed by atoms with van der Waals surface area (Å²) in [6, 6.07) is 11.8. The van der Waals surface area contributed by atoms with E-state index in [4.69, 9.17) is 13.9 Å². The third-order valence-electron chi connectivity index (χ3n) is 6.98. The van der Waals surface area contributed by atoms with Gasteiger partial charge in [-0.1, -0.05) is 23.5 Å². The predicted octanol–water partition coefficient (Wildman–Crippen LogP) is 4.76. The SMILES string of the molecule is CC(=NNC(=O)[C@H](C)Sc1nnc(S[C@H](C)C(=O)NN=C(C)c2ccc3c(c2)C[C@@H](C)O3)o1)c1ccc2c(c1)C[C@H](C)O2. The van der Waals surface area contributed by atoms with Crippen molar-refractivity contribution in [1.29, 1.82) is 0 Å². The van der Waals surface area contributed by atoms with Crippen LogP contribution in [0.5, 0.6) is 11.5 Å². The lowest BCUT2D eigenvalue weighted by molar-refractivity contribution is -0.121. The second-order valence-corrected chi connectivity index (χ2v) is 13.2. The van der Waals surface area contributed by atoms with Crippen molar-refractivity contribution in [3.8, 4) is 11.5 Å². The average molecular weight is 623 g/mol. The third kappa shape index (κ3) is 7.57. The molecule has 43 heavy (non-hydrogen) atoms. The summed E-state index contributed by atoms with van der Waals surface area (Å²) in [5, 5.41) is 15.9. The van der Waals surface area contributed by atoms with Gasteiger partial charge in [-0.25, -0.2) is 10.9 Å². The lowest BCUT2D eigenvalue weighted by Gasteiger charge is -2.09. The molecule has 2 aliphatic heterocycles. The van der Waals surface area contributed by atoms with Gasteiger partial charge in [0.25, 0.3) is 22.3 Å². The zero-order valence-corrected chi connectivity index (χ0v) is 26.5. The molecule has 226 valence electrons. The number of hydrazone groups is 2. The summed E-state index contributed by atoms with van der Waals surface area (Å²) in [7, 11) is 0. The molecule has 2 amide bonds. The van der Waals surface area contributed by atoms with E-state index in [0.717, 1.165) is 70.1 Å². The zero-order chi connectivity index (χ0) is 30.7. The summed E-state index contributed by atoms with van der Waals surface area (Å²) in [5.41, 5.74) is 10.7. The molecule has 0 saturated heterocycles. The Bertz CT molecular complexity index is 1470. The standard InChI is InChI=1S/C30H34N6O5S2/c1-15-11-23-13-21(7-9-25(23)39-15)17(3)31-33-27(37)19(5)42-29-35-36-30(41-29)43-20(6)28(38)34-32-18(4)22-8-10-26-24(14-22)12-16(2)40-26/h7-10,13-16,19-20H,11-12H2,1-6H3,(H,33,37)(H,34,38)/t15-,16+,19-,20+. The van der Waals surface area contributed by atoms with Crippen LogP contribution in [0.3, 0.4) is 0 Å². The van der Waals surface area contributed by atoms with Crippen LogP contribution in [0.1, 0.15) is 63.8 Å². The van der Waals surface area contributed by atoms with E-state index in [1.807, 2.05) is 64.1 Å². The Hall–Kier alpha value is -3.84. The topological polar surface area (TPSA) is 140 Å². The van der Waals surface area contributed by atoms with E-state index < -0.39 is 10.5 Å². The second-order valence-electron chi connectivity index (χ2n) is 10.6. The Labute approximate surface area is 258 Å². The van der Waals surface area contributed by atoms with Crippen LogP contribution in [0.25, 0.3) is 0 Å². The second kappa shape index (κ2) is 13.2. The molecule has 2 aromatic carbocycles. The Morgan fingerprint density at radius 3 is 1.63 bits per heavy atom. The van der Waals surface area contributed by atoms with Crippen LogP contribution >= 0.6 is 23.5 Å². The Morgan fingerprint density at radius 2 is 1.21 bits per heavy atom. The minimum absolute atomic E-state index is 0.161. The molecular formula is C30H34N6O5S2. The fourth-order valence-corrected chi connectivity index (χ4v) is 5.99. The number of hydrogen-bond acceptors (Lipinski definition) is 11. The van der Waals surface area contributed by atoms with Gasteiger partial charge in [-0.2, -0.15) is 10.2 Å². The van der Waals surface area contributed by atoms with Crippen molar-refractivity contribution in [1.82, 2.24) is 21.0 Å². The lowest BCUT2D eigenvalue weighted by atomic mass is 10.0. The number of hydrogen-bond donors (Lipinski definition) is 2. The molecular weight excluding hydrogens is 589 g/mol. The van der Waals surface area contributed by atoms with Crippen LogP contribution < -0.4 is 20.3 Å². The van der Waals surface area contributed by atoms with Crippen molar-refractivity contribution in [3.63, 3.8) is 0 Å². The van der Waals surface area contributed by atoms with Crippen LogP contribution in [0, 0.1) is 0 Å². The van der Waals surface area contributed by atoms with Crippen molar-refractivity contribution in [2.24, 2.45) is 10.2 Å². The molecule has 5 rings (SSSR count). The minimum Gasteiger partial charge on any atom is -0.490 e. The highest BCUT2D eigenvalue weighted by Crippen LogP contribution is 2.31. The van der Waals surface area contributed by atoms with E-state index >= 15 is 0 Å². The average Bonchev–Trinajstić information content (AvgIpc) is 3.69. The van der Waals surface area contributed by atoms with Gasteiger partial charge in [-0.05, 0) is 100 Å². The summed E-state index contributed by atoms with van der Waals surface area (Å²) in [6.07, 6.45) is 2.02. The van der Waals surface area contributed by atoms with Crippen molar-refractivity contribution < 1.29 is 23.5 Å². The van der Waals surface area contributed by atoms with E-state index in [9.17, 15) is 9.59 Å².